The van der Waals surface area contributed by atoms with Crippen molar-refractivity contribution in [3.63, 3.8) is 0 Å². The Morgan fingerprint density at radius 1 is 1.19 bits per heavy atom. The number of nitriles is 1. The maximum atomic E-state index is 9.46. The molecule has 2 aliphatic rings. The van der Waals surface area contributed by atoms with Gasteiger partial charge in [-0.25, -0.2) is 4.98 Å². The highest BCUT2D eigenvalue weighted by molar-refractivity contribution is 7.97. The largest absolute Gasteiger partial charge is 0.496 e. The molecule has 0 atom stereocenters. The number of rotatable bonds is 2. The number of hydrogen-bond acceptors (Lipinski definition) is 7. The minimum absolute atomic E-state index is 0.210. The highest BCUT2D eigenvalue weighted by Gasteiger charge is 2.52. The van der Waals surface area contributed by atoms with E-state index in [1.165, 1.54) is 0 Å². The lowest BCUT2D eigenvalue weighted by Crippen LogP contribution is -2.66. The number of anilines is 1. The minimum Gasteiger partial charge on any atom is -0.399 e. The molecule has 0 saturated carbocycles. The van der Waals surface area contributed by atoms with Gasteiger partial charge in [-0.3, -0.25) is 0 Å². The Bertz CT molecular complexity index is 679. The molecule has 3 rings (SSSR count). The van der Waals surface area contributed by atoms with Gasteiger partial charge in [0.05, 0.1) is 16.8 Å². The number of nitrogens with zero attached hydrogens (tertiary/aromatic N) is 3. The van der Waals surface area contributed by atoms with Gasteiger partial charge in [-0.15, -0.1) is 0 Å². The van der Waals surface area contributed by atoms with E-state index in [-0.39, 0.29) is 5.54 Å². The monoisotopic (exact) mass is 376 g/mol. The van der Waals surface area contributed by atoms with Crippen LogP contribution in [0.2, 0.25) is 0 Å². The lowest BCUT2D eigenvalue weighted by atomic mass is 9.79. The molecule has 0 unspecified atom stereocenters. The van der Waals surface area contributed by atoms with Gasteiger partial charge in [0, 0.05) is 30.3 Å². The SMILES string of the molecule is CC1(N)CN(c2ncc(B3OC(C)(C)C(C)(C)O3)cc2C#N)C1.CSC. The molecule has 26 heavy (non-hydrogen) atoms. The molecule has 142 valence electrons. The van der Waals surface area contributed by atoms with E-state index in [1.54, 1.807) is 24.0 Å². The molecule has 1 aromatic heterocycles. The summed E-state index contributed by atoms with van der Waals surface area (Å²) in [5.41, 5.74) is 6.28. The number of thioether (sulfide) groups is 1. The zero-order valence-corrected chi connectivity index (χ0v) is 17.6. The van der Waals surface area contributed by atoms with Crippen molar-refractivity contribution in [3.8, 4) is 6.07 Å². The molecule has 3 heterocycles. The van der Waals surface area contributed by atoms with Gasteiger partial charge in [0.25, 0.3) is 0 Å². The Morgan fingerprint density at radius 2 is 1.69 bits per heavy atom. The number of nitrogens with two attached hydrogens (primary N) is 1. The molecule has 8 heteroatoms. The van der Waals surface area contributed by atoms with Crippen LogP contribution in [0.25, 0.3) is 0 Å². The van der Waals surface area contributed by atoms with Crippen molar-refractivity contribution in [2.75, 3.05) is 30.5 Å². The molecule has 2 aliphatic heterocycles. The van der Waals surface area contributed by atoms with Gasteiger partial charge in [0.2, 0.25) is 0 Å². The van der Waals surface area contributed by atoms with Crippen molar-refractivity contribution in [2.45, 2.75) is 51.4 Å². The Kier molecular flexibility index (Phi) is 5.98. The summed E-state index contributed by atoms with van der Waals surface area (Å²) in [4.78, 5) is 6.49. The highest BCUT2D eigenvalue weighted by Crippen LogP contribution is 2.36. The maximum Gasteiger partial charge on any atom is 0.496 e. The van der Waals surface area contributed by atoms with Crippen molar-refractivity contribution >= 4 is 30.2 Å². The summed E-state index contributed by atoms with van der Waals surface area (Å²) in [6.45, 7) is 11.4. The molecule has 0 aromatic carbocycles. The third-order valence-electron chi connectivity index (χ3n) is 4.94. The van der Waals surface area contributed by atoms with E-state index < -0.39 is 18.3 Å². The second kappa shape index (κ2) is 7.39. The number of hydrogen-bond donors (Lipinski definition) is 1. The van der Waals surface area contributed by atoms with Crippen LogP contribution >= 0.6 is 11.8 Å². The molecule has 2 fully saturated rings. The Labute approximate surface area is 161 Å². The van der Waals surface area contributed by atoms with E-state index in [0.29, 0.717) is 24.5 Å². The first kappa shape index (κ1) is 21.0. The molecule has 2 N–H and O–H groups in total. The maximum absolute atomic E-state index is 9.46. The second-order valence-electron chi connectivity index (χ2n) is 8.26. The Hall–Kier alpha value is -1.27. The summed E-state index contributed by atoms with van der Waals surface area (Å²) in [6.07, 6.45) is 5.81. The zero-order valence-electron chi connectivity index (χ0n) is 16.8. The third-order valence-corrected chi connectivity index (χ3v) is 4.94. The van der Waals surface area contributed by atoms with E-state index in [1.807, 2.05) is 52.0 Å². The fourth-order valence-corrected chi connectivity index (χ4v) is 2.89. The Morgan fingerprint density at radius 3 is 2.12 bits per heavy atom. The standard InChI is InChI=1S/C16H23BN4O2.C2H6S/c1-14(2)15(3,4)23-17(22-14)12-6-11(7-18)13(20-8-12)21-9-16(5,19)10-21;1-3-2/h6,8H,9-10,19H2,1-5H3;1-2H3. The zero-order chi connectivity index (χ0) is 19.8. The van der Waals surface area contributed by atoms with E-state index in [9.17, 15) is 5.26 Å². The van der Waals surface area contributed by atoms with Crippen molar-refractivity contribution in [1.82, 2.24) is 4.98 Å². The molecule has 0 bridgehead atoms. The topological polar surface area (TPSA) is 84.4 Å². The van der Waals surface area contributed by atoms with Crippen LogP contribution < -0.4 is 16.1 Å². The number of pyridine rings is 1. The van der Waals surface area contributed by atoms with E-state index in [0.717, 1.165) is 5.46 Å². The normalized spacial score (nSPS) is 22.1. The van der Waals surface area contributed by atoms with Crippen molar-refractivity contribution < 1.29 is 9.31 Å². The molecule has 0 aliphatic carbocycles. The van der Waals surface area contributed by atoms with Crippen LogP contribution in [0.4, 0.5) is 5.82 Å². The van der Waals surface area contributed by atoms with Crippen molar-refractivity contribution in [2.24, 2.45) is 5.73 Å². The predicted molar refractivity (Wildman–Crippen MR) is 109 cm³/mol. The summed E-state index contributed by atoms with van der Waals surface area (Å²) in [5.74, 6) is 0.677. The fraction of sp³-hybridized carbons (Fsp3) is 0.667. The van der Waals surface area contributed by atoms with Crippen LogP contribution in [-0.4, -0.2) is 54.4 Å². The van der Waals surface area contributed by atoms with Crippen LogP contribution in [0.5, 0.6) is 0 Å². The molecular weight excluding hydrogens is 347 g/mol. The van der Waals surface area contributed by atoms with Crippen molar-refractivity contribution in [1.29, 1.82) is 5.26 Å². The summed E-state index contributed by atoms with van der Waals surface area (Å²) in [6, 6.07) is 4.02. The van der Waals surface area contributed by atoms with Crippen molar-refractivity contribution in [3.05, 3.63) is 17.8 Å². The van der Waals surface area contributed by atoms with Gasteiger partial charge in [-0.1, -0.05) is 0 Å². The first-order valence-corrected chi connectivity index (χ1v) is 10.3. The van der Waals surface area contributed by atoms with Crippen LogP contribution in [-0.2, 0) is 9.31 Å². The quantitative estimate of drug-likeness (QED) is 0.788. The average molecular weight is 376 g/mol. The van der Waals surface area contributed by atoms with Crippen LogP contribution in [0.3, 0.4) is 0 Å². The summed E-state index contributed by atoms with van der Waals surface area (Å²) >= 11 is 1.75. The van der Waals surface area contributed by atoms with Gasteiger partial charge in [-0.2, -0.15) is 17.0 Å². The molecule has 0 amide bonds. The molecule has 6 nitrogen and oxygen atoms in total. The van der Waals surface area contributed by atoms with Gasteiger partial charge < -0.3 is 19.9 Å². The average Bonchev–Trinajstić information content (AvgIpc) is 2.73. The van der Waals surface area contributed by atoms with Gasteiger partial charge >= 0.3 is 7.12 Å². The minimum atomic E-state index is -0.509. The third kappa shape index (κ3) is 4.17. The van der Waals surface area contributed by atoms with Crippen LogP contribution in [0, 0.1) is 11.3 Å². The smallest absolute Gasteiger partial charge is 0.399 e. The van der Waals surface area contributed by atoms with E-state index in [4.69, 9.17) is 15.0 Å². The molecule has 1 aromatic rings. The molecule has 2 saturated heterocycles. The lowest BCUT2D eigenvalue weighted by molar-refractivity contribution is 0.00578. The number of aromatic nitrogens is 1. The molecule has 0 spiro atoms. The first-order chi connectivity index (χ1) is 12.0. The Balaban J connectivity index is 0.000000758. The highest BCUT2D eigenvalue weighted by atomic mass is 32.2. The van der Waals surface area contributed by atoms with Gasteiger partial charge in [0.1, 0.15) is 11.9 Å². The fourth-order valence-electron chi connectivity index (χ4n) is 2.89. The first-order valence-electron chi connectivity index (χ1n) is 8.66. The summed E-state index contributed by atoms with van der Waals surface area (Å²) in [5, 5.41) is 9.46. The lowest BCUT2D eigenvalue weighted by Gasteiger charge is -2.46. The van der Waals surface area contributed by atoms with Crippen LogP contribution in [0.1, 0.15) is 40.2 Å². The van der Waals surface area contributed by atoms with E-state index in [2.05, 4.69) is 11.1 Å². The van der Waals surface area contributed by atoms with Crippen LogP contribution in [0.15, 0.2) is 12.3 Å². The second-order valence-corrected chi connectivity index (χ2v) is 9.07. The molecule has 0 radical (unpaired) electrons. The summed E-state index contributed by atoms with van der Waals surface area (Å²) in [7, 11) is -0.509. The molecular formula is C18H29BN4O2S. The van der Waals surface area contributed by atoms with Gasteiger partial charge in [0.15, 0.2) is 0 Å². The van der Waals surface area contributed by atoms with E-state index >= 15 is 0 Å². The summed E-state index contributed by atoms with van der Waals surface area (Å²) < 4.78 is 12.0. The van der Waals surface area contributed by atoms with Gasteiger partial charge in [-0.05, 0) is 53.2 Å². The predicted octanol–water partition coefficient (Wildman–Crippen LogP) is 1.77.